The second-order valence-electron chi connectivity index (χ2n) is 5.14. The van der Waals surface area contributed by atoms with Crippen LogP contribution in [0.15, 0.2) is 42.5 Å². The highest BCUT2D eigenvalue weighted by atomic mass is 16.1. The molecule has 2 aromatic carbocycles. The van der Waals surface area contributed by atoms with E-state index in [1.807, 2.05) is 57.2 Å². The third kappa shape index (κ3) is 2.78. The van der Waals surface area contributed by atoms with Crippen LogP contribution >= 0.6 is 0 Å². The van der Waals surface area contributed by atoms with Crippen molar-refractivity contribution >= 4 is 5.78 Å². The van der Waals surface area contributed by atoms with Gasteiger partial charge < -0.3 is 0 Å². The average molecular weight is 263 g/mol. The van der Waals surface area contributed by atoms with Crippen LogP contribution in [0.1, 0.15) is 38.5 Å². The molecular formula is C18H17NO. The normalized spacial score (nSPS) is 11.7. The Morgan fingerprint density at radius 2 is 1.80 bits per heavy atom. The van der Waals surface area contributed by atoms with E-state index >= 15 is 0 Å². The fraction of sp³-hybridized carbons (Fsp3) is 0.222. The lowest BCUT2D eigenvalue weighted by atomic mass is 9.90. The first-order chi connectivity index (χ1) is 9.52. The number of aryl methyl sites for hydroxylation is 3. The van der Waals surface area contributed by atoms with Crippen molar-refractivity contribution in [3.05, 3.63) is 70.3 Å². The van der Waals surface area contributed by atoms with Crippen molar-refractivity contribution in [2.75, 3.05) is 0 Å². The van der Waals surface area contributed by atoms with E-state index in [0.717, 1.165) is 22.3 Å². The molecule has 0 N–H and O–H groups in total. The standard InChI is InChI=1S/C18H17NO/c1-12-5-4-6-15(9-12)17(11-19)18(20)16-8-7-13(2)14(3)10-16/h4-10,17H,1-3H3. The van der Waals surface area contributed by atoms with Gasteiger partial charge in [-0.2, -0.15) is 5.26 Å². The first kappa shape index (κ1) is 14.0. The van der Waals surface area contributed by atoms with Gasteiger partial charge in [0.2, 0.25) is 0 Å². The average Bonchev–Trinajstić information content (AvgIpc) is 2.42. The van der Waals surface area contributed by atoms with Gasteiger partial charge in [0.1, 0.15) is 5.92 Å². The van der Waals surface area contributed by atoms with Crippen LogP contribution in [0.4, 0.5) is 0 Å². The summed E-state index contributed by atoms with van der Waals surface area (Å²) >= 11 is 0. The Morgan fingerprint density at radius 3 is 2.40 bits per heavy atom. The Balaban J connectivity index is 2.39. The topological polar surface area (TPSA) is 40.9 Å². The van der Waals surface area contributed by atoms with Gasteiger partial charge in [-0.05, 0) is 43.5 Å². The fourth-order valence-electron chi connectivity index (χ4n) is 2.20. The van der Waals surface area contributed by atoms with Crippen LogP contribution in [0.25, 0.3) is 0 Å². The van der Waals surface area contributed by atoms with Gasteiger partial charge >= 0.3 is 0 Å². The maximum Gasteiger partial charge on any atom is 0.184 e. The highest BCUT2D eigenvalue weighted by Crippen LogP contribution is 2.22. The van der Waals surface area contributed by atoms with Crippen LogP contribution in [-0.2, 0) is 0 Å². The van der Waals surface area contributed by atoms with Crippen molar-refractivity contribution < 1.29 is 4.79 Å². The molecule has 0 aliphatic carbocycles. The van der Waals surface area contributed by atoms with E-state index in [4.69, 9.17) is 0 Å². The third-order valence-electron chi connectivity index (χ3n) is 3.56. The summed E-state index contributed by atoms with van der Waals surface area (Å²) in [6.45, 7) is 5.94. The predicted molar refractivity (Wildman–Crippen MR) is 79.8 cm³/mol. The largest absolute Gasteiger partial charge is 0.292 e. The number of nitriles is 1. The summed E-state index contributed by atoms with van der Waals surface area (Å²) in [6, 6.07) is 15.3. The van der Waals surface area contributed by atoms with E-state index in [1.54, 1.807) is 6.07 Å². The van der Waals surface area contributed by atoms with Gasteiger partial charge in [-0.25, -0.2) is 0 Å². The minimum Gasteiger partial charge on any atom is -0.292 e. The zero-order valence-corrected chi connectivity index (χ0v) is 12.0. The fourth-order valence-corrected chi connectivity index (χ4v) is 2.20. The molecule has 0 fully saturated rings. The summed E-state index contributed by atoms with van der Waals surface area (Å²) in [6.07, 6.45) is 0. The van der Waals surface area contributed by atoms with Crippen molar-refractivity contribution in [3.63, 3.8) is 0 Å². The molecule has 1 atom stereocenters. The number of carbonyl (C=O) groups excluding carboxylic acids is 1. The van der Waals surface area contributed by atoms with Crippen LogP contribution in [0.5, 0.6) is 0 Å². The van der Waals surface area contributed by atoms with E-state index < -0.39 is 5.92 Å². The van der Waals surface area contributed by atoms with E-state index in [-0.39, 0.29) is 5.78 Å². The molecule has 0 spiro atoms. The molecule has 0 heterocycles. The Morgan fingerprint density at radius 1 is 1.05 bits per heavy atom. The molecule has 0 bridgehead atoms. The molecular weight excluding hydrogens is 246 g/mol. The highest BCUT2D eigenvalue weighted by Gasteiger charge is 2.22. The Kier molecular flexibility index (Phi) is 4.00. The number of hydrogen-bond donors (Lipinski definition) is 0. The monoisotopic (exact) mass is 263 g/mol. The number of benzene rings is 2. The quantitative estimate of drug-likeness (QED) is 0.782. The van der Waals surface area contributed by atoms with Crippen molar-refractivity contribution in [3.8, 4) is 6.07 Å². The second-order valence-corrected chi connectivity index (χ2v) is 5.14. The zero-order valence-electron chi connectivity index (χ0n) is 12.0. The number of nitrogens with zero attached hydrogens (tertiary/aromatic N) is 1. The van der Waals surface area contributed by atoms with Crippen molar-refractivity contribution in [2.45, 2.75) is 26.7 Å². The minimum absolute atomic E-state index is 0.138. The Bertz CT molecular complexity index is 695. The number of rotatable bonds is 3. The molecule has 2 aromatic rings. The number of hydrogen-bond acceptors (Lipinski definition) is 2. The maximum absolute atomic E-state index is 12.5. The summed E-state index contributed by atoms with van der Waals surface area (Å²) in [4.78, 5) is 12.5. The van der Waals surface area contributed by atoms with Crippen molar-refractivity contribution in [1.82, 2.24) is 0 Å². The summed E-state index contributed by atoms with van der Waals surface area (Å²) in [7, 11) is 0. The van der Waals surface area contributed by atoms with Crippen LogP contribution in [0.2, 0.25) is 0 Å². The molecule has 0 aliphatic heterocycles. The molecule has 0 aliphatic rings. The zero-order chi connectivity index (χ0) is 14.7. The van der Waals surface area contributed by atoms with Gasteiger partial charge in [0, 0.05) is 5.56 Å². The summed E-state index contributed by atoms with van der Waals surface area (Å²) in [5.74, 6) is -0.877. The molecule has 0 amide bonds. The predicted octanol–water partition coefficient (Wildman–Crippen LogP) is 4.10. The van der Waals surface area contributed by atoms with Gasteiger partial charge in [-0.3, -0.25) is 4.79 Å². The van der Waals surface area contributed by atoms with E-state index in [9.17, 15) is 10.1 Å². The molecule has 0 saturated carbocycles. The van der Waals surface area contributed by atoms with Crippen LogP contribution in [0, 0.1) is 32.1 Å². The molecule has 0 saturated heterocycles. The first-order valence-corrected chi connectivity index (χ1v) is 6.60. The first-order valence-electron chi connectivity index (χ1n) is 6.60. The van der Waals surface area contributed by atoms with Gasteiger partial charge in [-0.15, -0.1) is 0 Å². The lowest BCUT2D eigenvalue weighted by molar-refractivity contribution is 0.0979. The lowest BCUT2D eigenvalue weighted by Crippen LogP contribution is -2.11. The van der Waals surface area contributed by atoms with E-state index in [0.29, 0.717) is 5.56 Å². The van der Waals surface area contributed by atoms with Crippen LogP contribution in [-0.4, -0.2) is 5.78 Å². The molecule has 0 aromatic heterocycles. The molecule has 20 heavy (non-hydrogen) atoms. The van der Waals surface area contributed by atoms with Crippen LogP contribution < -0.4 is 0 Å². The maximum atomic E-state index is 12.5. The van der Waals surface area contributed by atoms with Gasteiger partial charge in [0.05, 0.1) is 6.07 Å². The van der Waals surface area contributed by atoms with E-state index in [1.165, 1.54) is 0 Å². The highest BCUT2D eigenvalue weighted by molar-refractivity contribution is 6.02. The van der Waals surface area contributed by atoms with Crippen molar-refractivity contribution in [2.24, 2.45) is 0 Å². The van der Waals surface area contributed by atoms with Crippen molar-refractivity contribution in [1.29, 1.82) is 5.26 Å². The molecule has 1 unspecified atom stereocenters. The number of Topliss-reactive ketones (excluding diaryl/α,β-unsaturated/α-hetero) is 1. The molecule has 2 heteroatoms. The summed E-state index contributed by atoms with van der Waals surface area (Å²) in [5.41, 5.74) is 4.62. The van der Waals surface area contributed by atoms with Gasteiger partial charge in [0.25, 0.3) is 0 Å². The molecule has 2 nitrogen and oxygen atoms in total. The molecule has 100 valence electrons. The Labute approximate surface area is 119 Å². The van der Waals surface area contributed by atoms with Crippen LogP contribution in [0.3, 0.4) is 0 Å². The minimum atomic E-state index is -0.739. The van der Waals surface area contributed by atoms with E-state index in [2.05, 4.69) is 6.07 Å². The Hall–Kier alpha value is -2.40. The van der Waals surface area contributed by atoms with Gasteiger partial charge in [0.15, 0.2) is 5.78 Å². The van der Waals surface area contributed by atoms with Gasteiger partial charge in [-0.1, -0.05) is 42.0 Å². The second kappa shape index (κ2) is 5.71. The third-order valence-corrected chi connectivity index (χ3v) is 3.56. The number of carbonyl (C=O) groups is 1. The summed E-state index contributed by atoms with van der Waals surface area (Å²) in [5, 5.41) is 9.36. The smallest absolute Gasteiger partial charge is 0.184 e. The number of ketones is 1. The molecule has 2 rings (SSSR count). The summed E-state index contributed by atoms with van der Waals surface area (Å²) < 4.78 is 0. The SMILES string of the molecule is Cc1cccc(C(C#N)C(=O)c2ccc(C)c(C)c2)c1. The lowest BCUT2D eigenvalue weighted by Gasteiger charge is -2.10. The molecule has 0 radical (unpaired) electrons.